The summed E-state index contributed by atoms with van der Waals surface area (Å²) in [6.07, 6.45) is 0. The number of morpholine rings is 1. The lowest BCUT2D eigenvalue weighted by molar-refractivity contribution is 0.0341. The van der Waals surface area contributed by atoms with E-state index in [0.717, 1.165) is 44.0 Å². The Morgan fingerprint density at radius 3 is 2.40 bits per heavy atom. The van der Waals surface area contributed by atoms with Gasteiger partial charge in [-0.1, -0.05) is 24.3 Å². The minimum atomic E-state index is -3.62. The van der Waals surface area contributed by atoms with E-state index in [2.05, 4.69) is 9.62 Å². The van der Waals surface area contributed by atoms with Crippen molar-refractivity contribution in [2.24, 2.45) is 0 Å². The number of nitrogens with one attached hydrogen (secondary N) is 1. The van der Waals surface area contributed by atoms with Crippen molar-refractivity contribution in [3.05, 3.63) is 59.7 Å². The van der Waals surface area contributed by atoms with Crippen LogP contribution in [0.4, 0.5) is 0 Å². The van der Waals surface area contributed by atoms with Crippen molar-refractivity contribution in [1.29, 1.82) is 0 Å². The van der Waals surface area contributed by atoms with Crippen molar-refractivity contribution in [3.8, 4) is 5.75 Å². The summed E-state index contributed by atoms with van der Waals surface area (Å²) in [5.41, 5.74) is 2.10. The first-order valence-corrected chi connectivity index (χ1v) is 11.7. The second-order valence-electron chi connectivity index (χ2n) is 7.00. The molecule has 0 unspecified atom stereocenters. The van der Waals surface area contributed by atoms with Gasteiger partial charge < -0.3 is 14.2 Å². The molecule has 1 aliphatic heterocycles. The van der Waals surface area contributed by atoms with Gasteiger partial charge in [-0.05, 0) is 42.3 Å². The average molecular weight is 435 g/mol. The molecule has 1 N–H and O–H groups in total. The third kappa shape index (κ3) is 6.78. The van der Waals surface area contributed by atoms with Crippen molar-refractivity contribution in [1.82, 2.24) is 9.62 Å². The largest absolute Gasteiger partial charge is 0.491 e. The van der Waals surface area contributed by atoms with E-state index >= 15 is 0 Å². The lowest BCUT2D eigenvalue weighted by atomic mass is 10.1. The molecule has 3 rings (SSSR count). The van der Waals surface area contributed by atoms with Crippen LogP contribution in [-0.2, 0) is 32.6 Å². The molecule has 0 atom stereocenters. The molecule has 8 heteroatoms. The van der Waals surface area contributed by atoms with Crippen LogP contribution in [0.3, 0.4) is 0 Å². The van der Waals surface area contributed by atoms with Gasteiger partial charge in [0.05, 0.1) is 24.7 Å². The van der Waals surface area contributed by atoms with E-state index < -0.39 is 10.0 Å². The maximum absolute atomic E-state index is 12.7. The fraction of sp³-hybridized carbons (Fsp3) is 0.455. The molecule has 0 bridgehead atoms. The zero-order chi connectivity index (χ0) is 21.2. The minimum absolute atomic E-state index is 0.213. The summed E-state index contributed by atoms with van der Waals surface area (Å²) in [6.45, 7) is 7.78. The second kappa shape index (κ2) is 11.4. The molecule has 7 nitrogen and oxygen atoms in total. The second-order valence-corrected chi connectivity index (χ2v) is 8.77. The number of nitrogens with zero attached hydrogens (tertiary/aromatic N) is 1. The number of hydrogen-bond acceptors (Lipinski definition) is 6. The van der Waals surface area contributed by atoms with Crippen molar-refractivity contribution >= 4 is 10.0 Å². The van der Waals surface area contributed by atoms with Crippen LogP contribution in [0.15, 0.2) is 53.4 Å². The molecule has 0 spiro atoms. The van der Waals surface area contributed by atoms with Crippen LogP contribution in [0.25, 0.3) is 0 Å². The van der Waals surface area contributed by atoms with E-state index in [1.807, 2.05) is 31.2 Å². The van der Waals surface area contributed by atoms with Gasteiger partial charge in [-0.25, -0.2) is 13.1 Å². The first kappa shape index (κ1) is 22.7. The quantitative estimate of drug-likeness (QED) is 0.548. The fourth-order valence-electron chi connectivity index (χ4n) is 3.22. The van der Waals surface area contributed by atoms with Crippen molar-refractivity contribution in [2.45, 2.75) is 24.9 Å². The molecule has 2 aromatic rings. The summed E-state index contributed by atoms with van der Waals surface area (Å²) in [7, 11) is -3.62. The maximum atomic E-state index is 12.7. The molecule has 1 fully saturated rings. The number of ether oxygens (including phenoxy) is 3. The molecule has 30 heavy (non-hydrogen) atoms. The first-order chi connectivity index (χ1) is 14.6. The normalized spacial score (nSPS) is 15.2. The number of benzene rings is 2. The molecule has 0 radical (unpaired) electrons. The average Bonchev–Trinajstić information content (AvgIpc) is 2.77. The molecular weight excluding hydrogens is 404 g/mol. The van der Waals surface area contributed by atoms with Gasteiger partial charge in [-0.15, -0.1) is 0 Å². The van der Waals surface area contributed by atoms with Crippen LogP contribution in [-0.4, -0.2) is 59.4 Å². The Kier molecular flexibility index (Phi) is 8.65. The van der Waals surface area contributed by atoms with Crippen LogP contribution in [0.1, 0.15) is 18.1 Å². The molecule has 0 aliphatic carbocycles. The third-order valence-electron chi connectivity index (χ3n) is 4.90. The Bertz CT molecular complexity index is 881. The van der Waals surface area contributed by atoms with Crippen LogP contribution in [0.5, 0.6) is 5.75 Å². The van der Waals surface area contributed by atoms with Gasteiger partial charge >= 0.3 is 0 Å². The summed E-state index contributed by atoms with van der Waals surface area (Å²) >= 11 is 0. The SMILES string of the molecule is CCOCCOc1ccc(S(=O)(=O)NCc2ccccc2CN2CCOCC2)cc1. The summed E-state index contributed by atoms with van der Waals surface area (Å²) in [6, 6.07) is 14.4. The molecule has 2 aromatic carbocycles. The summed E-state index contributed by atoms with van der Waals surface area (Å²) in [5, 5.41) is 0. The number of sulfonamides is 1. The maximum Gasteiger partial charge on any atom is 0.240 e. The molecule has 164 valence electrons. The Labute approximate surface area is 179 Å². The lowest BCUT2D eigenvalue weighted by Gasteiger charge is -2.27. The van der Waals surface area contributed by atoms with Gasteiger partial charge in [0.15, 0.2) is 0 Å². The van der Waals surface area contributed by atoms with Gasteiger partial charge in [0.1, 0.15) is 12.4 Å². The van der Waals surface area contributed by atoms with E-state index in [-0.39, 0.29) is 11.4 Å². The third-order valence-corrected chi connectivity index (χ3v) is 6.32. The molecule has 0 amide bonds. The Balaban J connectivity index is 1.58. The predicted octanol–water partition coefficient (Wildman–Crippen LogP) is 2.41. The van der Waals surface area contributed by atoms with Crippen LogP contribution in [0, 0.1) is 0 Å². The fourth-order valence-corrected chi connectivity index (χ4v) is 4.22. The zero-order valence-electron chi connectivity index (χ0n) is 17.4. The summed E-state index contributed by atoms with van der Waals surface area (Å²) in [4.78, 5) is 2.53. The topological polar surface area (TPSA) is 77.1 Å². The molecule has 1 saturated heterocycles. The first-order valence-electron chi connectivity index (χ1n) is 10.3. The van der Waals surface area contributed by atoms with E-state index in [4.69, 9.17) is 14.2 Å². The highest BCUT2D eigenvalue weighted by Crippen LogP contribution is 2.18. The monoisotopic (exact) mass is 434 g/mol. The minimum Gasteiger partial charge on any atom is -0.491 e. The smallest absolute Gasteiger partial charge is 0.240 e. The molecule has 0 saturated carbocycles. The summed E-state index contributed by atoms with van der Waals surface area (Å²) < 4.78 is 44.3. The highest BCUT2D eigenvalue weighted by molar-refractivity contribution is 7.89. The highest BCUT2D eigenvalue weighted by Gasteiger charge is 2.16. The molecule has 1 aliphatic rings. The molecule has 0 aromatic heterocycles. The van der Waals surface area contributed by atoms with Gasteiger partial charge in [0, 0.05) is 32.8 Å². The van der Waals surface area contributed by atoms with Crippen molar-refractivity contribution in [3.63, 3.8) is 0 Å². The van der Waals surface area contributed by atoms with E-state index in [9.17, 15) is 8.42 Å². The van der Waals surface area contributed by atoms with Crippen LogP contribution in [0.2, 0.25) is 0 Å². The number of hydrogen-bond donors (Lipinski definition) is 1. The predicted molar refractivity (Wildman–Crippen MR) is 115 cm³/mol. The summed E-state index contributed by atoms with van der Waals surface area (Å²) in [5.74, 6) is 0.615. The van der Waals surface area contributed by atoms with Gasteiger partial charge in [0.2, 0.25) is 10.0 Å². The Hall–Kier alpha value is -1.97. The zero-order valence-corrected chi connectivity index (χ0v) is 18.2. The highest BCUT2D eigenvalue weighted by atomic mass is 32.2. The van der Waals surface area contributed by atoms with Crippen LogP contribution >= 0.6 is 0 Å². The van der Waals surface area contributed by atoms with Gasteiger partial charge in [0.25, 0.3) is 0 Å². The van der Waals surface area contributed by atoms with E-state index in [1.54, 1.807) is 24.3 Å². The lowest BCUT2D eigenvalue weighted by Crippen LogP contribution is -2.36. The molecule has 1 heterocycles. The number of rotatable bonds is 11. The molecular formula is C22H30N2O5S. The Morgan fingerprint density at radius 1 is 1.00 bits per heavy atom. The van der Waals surface area contributed by atoms with Gasteiger partial charge in [-0.2, -0.15) is 0 Å². The Morgan fingerprint density at radius 2 is 1.70 bits per heavy atom. The standard InChI is InChI=1S/C22H30N2O5S/c1-2-27-15-16-29-21-7-9-22(10-8-21)30(25,26)23-17-19-5-3-4-6-20(19)18-24-11-13-28-14-12-24/h3-10,23H,2,11-18H2,1H3. The van der Waals surface area contributed by atoms with E-state index in [0.29, 0.717) is 25.6 Å². The van der Waals surface area contributed by atoms with Crippen LogP contribution < -0.4 is 9.46 Å². The van der Waals surface area contributed by atoms with Gasteiger partial charge in [-0.3, -0.25) is 4.90 Å². The van der Waals surface area contributed by atoms with Crippen molar-refractivity contribution in [2.75, 3.05) is 46.1 Å². The van der Waals surface area contributed by atoms with Crippen molar-refractivity contribution < 1.29 is 22.6 Å². The van der Waals surface area contributed by atoms with E-state index in [1.165, 1.54) is 0 Å².